The summed E-state index contributed by atoms with van der Waals surface area (Å²) >= 11 is 1.63. The van der Waals surface area contributed by atoms with Crippen molar-refractivity contribution < 1.29 is 28.5 Å². The van der Waals surface area contributed by atoms with Crippen molar-refractivity contribution in [2.45, 2.75) is 19.1 Å². The summed E-state index contributed by atoms with van der Waals surface area (Å²) in [6, 6.07) is 17.3. The van der Waals surface area contributed by atoms with E-state index < -0.39 is 0 Å². The van der Waals surface area contributed by atoms with Crippen LogP contribution in [0.5, 0.6) is 23.0 Å². The van der Waals surface area contributed by atoms with Gasteiger partial charge in [0.2, 0.25) is 0 Å². The molecular weight excluding hydrogens is 504 g/mol. The van der Waals surface area contributed by atoms with Crippen LogP contribution in [0.1, 0.15) is 22.3 Å². The predicted molar refractivity (Wildman–Crippen MR) is 145 cm³/mol. The molecule has 1 saturated heterocycles. The van der Waals surface area contributed by atoms with Gasteiger partial charge >= 0.3 is 0 Å². The molecule has 1 aromatic heterocycles. The summed E-state index contributed by atoms with van der Waals surface area (Å²) in [6.07, 6.45) is 0.779. The van der Waals surface area contributed by atoms with E-state index in [2.05, 4.69) is 12.1 Å². The van der Waals surface area contributed by atoms with Crippen LogP contribution in [0.4, 0.5) is 0 Å². The number of hydrogen-bond acceptors (Lipinski definition) is 8. The molecule has 0 N–H and O–H groups in total. The number of carbonyl (C=O) groups excluding carboxylic acids is 1. The highest BCUT2D eigenvalue weighted by molar-refractivity contribution is 7.21. The molecule has 1 fully saturated rings. The molecule has 8 nitrogen and oxygen atoms in total. The summed E-state index contributed by atoms with van der Waals surface area (Å²) in [4.78, 5) is 20.3. The van der Waals surface area contributed by atoms with Crippen LogP contribution in [0, 0.1) is 0 Å². The van der Waals surface area contributed by atoms with Crippen LogP contribution >= 0.6 is 11.3 Å². The van der Waals surface area contributed by atoms with Gasteiger partial charge in [0.25, 0.3) is 5.91 Å². The Hall–Kier alpha value is -3.82. The molecule has 0 spiro atoms. The highest BCUT2D eigenvalue weighted by atomic mass is 32.1. The average Bonchev–Trinajstić information content (AvgIpc) is 3.57. The maximum absolute atomic E-state index is 13.6. The quantitative estimate of drug-likeness (QED) is 0.338. The number of benzene rings is 3. The summed E-state index contributed by atoms with van der Waals surface area (Å²) in [5, 5.41) is 0.890. The summed E-state index contributed by atoms with van der Waals surface area (Å²) < 4.78 is 30.0. The lowest BCUT2D eigenvalue weighted by Crippen LogP contribution is -2.32. The predicted octanol–water partition coefficient (Wildman–Crippen LogP) is 5.18. The molecule has 0 saturated carbocycles. The Labute approximate surface area is 224 Å². The van der Waals surface area contributed by atoms with Crippen LogP contribution in [-0.2, 0) is 11.3 Å². The van der Waals surface area contributed by atoms with Gasteiger partial charge in [-0.25, -0.2) is 4.98 Å². The molecule has 4 aromatic rings. The van der Waals surface area contributed by atoms with Gasteiger partial charge in [0.1, 0.15) is 29.2 Å². The Kier molecular flexibility index (Phi) is 6.78. The Balaban J connectivity index is 1.38. The number of thiazole rings is 1. The molecule has 2 aliphatic heterocycles. The minimum absolute atomic E-state index is 0.0430. The van der Waals surface area contributed by atoms with Crippen molar-refractivity contribution in [3.05, 3.63) is 65.7 Å². The summed E-state index contributed by atoms with van der Waals surface area (Å²) in [6.45, 7) is 2.36. The Morgan fingerprint density at radius 1 is 1.05 bits per heavy atom. The monoisotopic (exact) mass is 532 g/mol. The van der Waals surface area contributed by atoms with E-state index in [1.54, 1.807) is 48.7 Å². The van der Waals surface area contributed by atoms with Gasteiger partial charge in [0.05, 0.1) is 44.2 Å². The molecule has 196 valence electrons. The number of ether oxygens (including phenoxy) is 5. The van der Waals surface area contributed by atoms with E-state index in [1.165, 1.54) is 0 Å². The van der Waals surface area contributed by atoms with Crippen LogP contribution in [0.25, 0.3) is 20.8 Å². The van der Waals surface area contributed by atoms with Gasteiger partial charge in [-0.1, -0.05) is 12.1 Å². The topological polar surface area (TPSA) is 79.4 Å². The maximum Gasteiger partial charge on any atom is 0.254 e. The van der Waals surface area contributed by atoms with Gasteiger partial charge in [-0.2, -0.15) is 0 Å². The number of para-hydroxylation sites is 1. The number of methoxy groups -OCH3 is 2. The first-order valence-corrected chi connectivity index (χ1v) is 13.4. The third kappa shape index (κ3) is 4.87. The maximum atomic E-state index is 13.6. The van der Waals surface area contributed by atoms with Gasteiger partial charge < -0.3 is 28.6 Å². The molecule has 2 aliphatic rings. The van der Waals surface area contributed by atoms with E-state index in [0.29, 0.717) is 61.5 Å². The zero-order valence-corrected chi connectivity index (χ0v) is 22.1. The molecule has 0 aliphatic carbocycles. The largest absolute Gasteiger partial charge is 0.497 e. The lowest BCUT2D eigenvalue weighted by Gasteiger charge is -2.21. The number of aromatic nitrogens is 1. The molecule has 1 unspecified atom stereocenters. The van der Waals surface area contributed by atoms with E-state index in [-0.39, 0.29) is 12.0 Å². The van der Waals surface area contributed by atoms with Gasteiger partial charge in [0.15, 0.2) is 11.5 Å². The zero-order chi connectivity index (χ0) is 26.1. The molecule has 0 radical (unpaired) electrons. The average molecular weight is 533 g/mol. The summed E-state index contributed by atoms with van der Waals surface area (Å²) in [5.74, 6) is 2.32. The second kappa shape index (κ2) is 10.5. The standard InChI is InChI=1S/C29H28N2O6S/c1-33-22-12-19(13-23(15-22)34-2)29(32)31-8-10-36-27-20(16-31)11-18(14-25(27)37-21-7-9-35-17-21)28-30-24-5-3-4-6-26(24)38-28/h3-6,11-15,21H,7-10,16-17H2,1-2H3. The minimum atomic E-state index is -0.129. The molecule has 38 heavy (non-hydrogen) atoms. The highest BCUT2D eigenvalue weighted by Crippen LogP contribution is 2.41. The van der Waals surface area contributed by atoms with Crippen molar-refractivity contribution in [2.24, 2.45) is 0 Å². The number of hydrogen-bond donors (Lipinski definition) is 0. The van der Waals surface area contributed by atoms with Crippen molar-refractivity contribution in [2.75, 3.05) is 40.6 Å². The van der Waals surface area contributed by atoms with E-state index in [0.717, 1.165) is 32.8 Å². The van der Waals surface area contributed by atoms with E-state index in [9.17, 15) is 4.79 Å². The van der Waals surface area contributed by atoms with Gasteiger partial charge in [-0.05, 0) is 36.4 Å². The lowest BCUT2D eigenvalue weighted by atomic mass is 10.1. The lowest BCUT2D eigenvalue weighted by molar-refractivity contribution is 0.0732. The number of rotatable bonds is 6. The summed E-state index contributed by atoms with van der Waals surface area (Å²) in [7, 11) is 3.14. The van der Waals surface area contributed by atoms with Crippen LogP contribution in [-0.4, -0.2) is 62.5 Å². The first-order valence-electron chi connectivity index (χ1n) is 12.5. The van der Waals surface area contributed by atoms with Gasteiger partial charge in [0, 0.05) is 35.7 Å². The van der Waals surface area contributed by atoms with Crippen molar-refractivity contribution in [3.63, 3.8) is 0 Å². The van der Waals surface area contributed by atoms with Crippen LogP contribution in [0.15, 0.2) is 54.6 Å². The first kappa shape index (κ1) is 24.5. The smallest absolute Gasteiger partial charge is 0.254 e. The molecule has 6 rings (SSSR count). The fourth-order valence-electron chi connectivity index (χ4n) is 4.76. The molecular formula is C29H28N2O6S. The van der Waals surface area contributed by atoms with E-state index >= 15 is 0 Å². The Morgan fingerprint density at radius 2 is 1.87 bits per heavy atom. The Morgan fingerprint density at radius 3 is 2.61 bits per heavy atom. The van der Waals surface area contributed by atoms with Crippen molar-refractivity contribution in [1.29, 1.82) is 0 Å². The Bertz CT molecular complexity index is 1420. The number of fused-ring (bicyclic) bond motifs is 2. The van der Waals surface area contributed by atoms with Crippen LogP contribution < -0.4 is 18.9 Å². The number of nitrogens with zero attached hydrogens (tertiary/aromatic N) is 2. The molecule has 3 aromatic carbocycles. The summed E-state index contributed by atoms with van der Waals surface area (Å²) in [5.41, 5.74) is 3.25. The molecule has 3 heterocycles. The van der Waals surface area contributed by atoms with Gasteiger partial charge in [-0.15, -0.1) is 11.3 Å². The fourth-order valence-corrected chi connectivity index (χ4v) is 5.72. The molecule has 0 bridgehead atoms. The van der Waals surface area contributed by atoms with E-state index in [1.807, 2.05) is 24.3 Å². The second-order valence-corrected chi connectivity index (χ2v) is 10.3. The molecule has 9 heteroatoms. The normalized spacial score (nSPS) is 17.0. The number of amides is 1. The second-order valence-electron chi connectivity index (χ2n) is 9.23. The van der Waals surface area contributed by atoms with Gasteiger partial charge in [-0.3, -0.25) is 4.79 Å². The SMILES string of the molecule is COc1cc(OC)cc(C(=O)N2CCOc3c(cc(-c4nc5ccccc5s4)cc3OC3CCOC3)C2)c1. The van der Waals surface area contributed by atoms with Crippen LogP contribution in [0.3, 0.4) is 0 Å². The first-order chi connectivity index (χ1) is 18.6. The zero-order valence-electron chi connectivity index (χ0n) is 21.3. The van der Waals surface area contributed by atoms with E-state index in [4.69, 9.17) is 28.7 Å². The third-order valence-electron chi connectivity index (χ3n) is 6.71. The molecule has 1 atom stereocenters. The van der Waals surface area contributed by atoms with Crippen LogP contribution in [0.2, 0.25) is 0 Å². The third-order valence-corrected chi connectivity index (χ3v) is 7.79. The fraction of sp³-hybridized carbons (Fsp3) is 0.310. The highest BCUT2D eigenvalue weighted by Gasteiger charge is 2.27. The number of carbonyl (C=O) groups is 1. The van der Waals surface area contributed by atoms with Crippen molar-refractivity contribution >= 4 is 27.5 Å². The minimum Gasteiger partial charge on any atom is -0.497 e. The molecule has 1 amide bonds. The van der Waals surface area contributed by atoms with Crippen molar-refractivity contribution in [3.8, 4) is 33.6 Å². The van der Waals surface area contributed by atoms with Crippen molar-refractivity contribution in [1.82, 2.24) is 9.88 Å².